The maximum absolute atomic E-state index is 11.3. The molecule has 9 heteroatoms. The molecule has 0 aliphatic heterocycles. The van der Waals surface area contributed by atoms with Crippen molar-refractivity contribution in [3.8, 4) is 0 Å². The minimum absolute atomic E-state index is 0.102. The molecule has 0 bridgehead atoms. The zero-order chi connectivity index (χ0) is 11.8. The Labute approximate surface area is 85.5 Å². The van der Waals surface area contributed by atoms with Crippen LogP contribution in [-0.4, -0.2) is 37.0 Å². The van der Waals surface area contributed by atoms with Gasteiger partial charge in [0.1, 0.15) is 0 Å². The third kappa shape index (κ3) is 2.25. The van der Waals surface area contributed by atoms with Crippen molar-refractivity contribution in [3.05, 3.63) is 10.4 Å². The zero-order valence-corrected chi connectivity index (χ0v) is 8.87. The Hall–Kier alpha value is -1.61. The molecule has 0 aliphatic carbocycles. The van der Waals surface area contributed by atoms with Crippen LogP contribution in [0.4, 0.5) is 11.8 Å². The van der Waals surface area contributed by atoms with Gasteiger partial charge >= 0.3 is 10.1 Å². The molecule has 8 nitrogen and oxygen atoms in total. The summed E-state index contributed by atoms with van der Waals surface area (Å²) in [6, 6.07) is 0. The van der Waals surface area contributed by atoms with Crippen LogP contribution >= 0.6 is 0 Å². The van der Waals surface area contributed by atoms with Gasteiger partial charge in [-0.1, -0.05) is 0 Å². The second-order valence-electron chi connectivity index (χ2n) is 2.97. The summed E-state index contributed by atoms with van der Waals surface area (Å²) in [6.07, 6.45) is 0. The summed E-state index contributed by atoms with van der Waals surface area (Å²) >= 11 is 0. The molecule has 0 aliphatic rings. The van der Waals surface area contributed by atoms with E-state index in [2.05, 4.69) is 9.97 Å². The van der Waals surface area contributed by atoms with E-state index in [-0.39, 0.29) is 5.95 Å². The second kappa shape index (κ2) is 3.51. The Bertz CT molecular complexity index is 533. The minimum atomic E-state index is -4.66. The van der Waals surface area contributed by atoms with E-state index in [1.165, 1.54) is 4.90 Å². The number of nitrogens with zero attached hydrogens (tertiary/aromatic N) is 2. The number of aromatic nitrogens is 2. The summed E-state index contributed by atoms with van der Waals surface area (Å²) in [5, 5.41) is 0. The molecule has 0 saturated carbocycles. The maximum atomic E-state index is 11.3. The lowest BCUT2D eigenvalue weighted by Crippen LogP contribution is -2.25. The van der Waals surface area contributed by atoms with E-state index in [4.69, 9.17) is 10.3 Å². The van der Waals surface area contributed by atoms with Crippen molar-refractivity contribution in [1.29, 1.82) is 0 Å². The monoisotopic (exact) mass is 234 g/mol. The van der Waals surface area contributed by atoms with Crippen LogP contribution in [0.2, 0.25) is 0 Å². The van der Waals surface area contributed by atoms with Crippen LogP contribution in [0.25, 0.3) is 0 Å². The number of nitrogens with two attached hydrogens (primary N) is 1. The highest BCUT2D eigenvalue weighted by Crippen LogP contribution is 2.12. The molecule has 0 spiro atoms. The molecule has 15 heavy (non-hydrogen) atoms. The molecule has 0 fully saturated rings. The molecule has 1 heterocycles. The molecule has 1 rings (SSSR count). The van der Waals surface area contributed by atoms with Crippen LogP contribution in [-0.2, 0) is 10.1 Å². The first-order chi connectivity index (χ1) is 6.73. The van der Waals surface area contributed by atoms with Gasteiger partial charge in [0.2, 0.25) is 10.8 Å². The first kappa shape index (κ1) is 11.5. The van der Waals surface area contributed by atoms with Gasteiger partial charge in [0, 0.05) is 14.1 Å². The van der Waals surface area contributed by atoms with Gasteiger partial charge in [-0.3, -0.25) is 14.3 Å². The van der Waals surface area contributed by atoms with Gasteiger partial charge in [0.05, 0.1) is 0 Å². The van der Waals surface area contributed by atoms with E-state index in [1.54, 1.807) is 14.1 Å². The maximum Gasteiger partial charge on any atom is 0.303 e. The Morgan fingerprint density at radius 2 is 2.00 bits per heavy atom. The number of nitrogen functional groups attached to an aromatic ring is 1. The topological polar surface area (TPSA) is 129 Å². The lowest BCUT2D eigenvalue weighted by Gasteiger charge is -2.11. The average Bonchev–Trinajstić information content (AvgIpc) is 1.99. The Morgan fingerprint density at radius 1 is 1.47 bits per heavy atom. The summed E-state index contributed by atoms with van der Waals surface area (Å²) in [6.45, 7) is 0. The Morgan fingerprint density at radius 3 is 2.33 bits per heavy atom. The van der Waals surface area contributed by atoms with Crippen LogP contribution in [0.1, 0.15) is 0 Å². The van der Waals surface area contributed by atoms with E-state index >= 15 is 0 Å². The van der Waals surface area contributed by atoms with Crippen LogP contribution in [0.15, 0.2) is 9.69 Å². The van der Waals surface area contributed by atoms with E-state index in [0.29, 0.717) is 0 Å². The molecule has 1 aromatic heterocycles. The number of hydrogen-bond acceptors (Lipinski definition) is 6. The largest absolute Gasteiger partial charge is 0.382 e. The number of aromatic amines is 1. The summed E-state index contributed by atoms with van der Waals surface area (Å²) in [5.74, 6) is -0.435. The minimum Gasteiger partial charge on any atom is -0.382 e. The molecular weight excluding hydrogens is 224 g/mol. The van der Waals surface area contributed by atoms with Crippen molar-refractivity contribution in [3.63, 3.8) is 0 Å². The normalized spacial score (nSPS) is 11.4. The molecule has 0 unspecified atom stereocenters. The lowest BCUT2D eigenvalue weighted by molar-refractivity contribution is 0.482. The predicted molar refractivity (Wildman–Crippen MR) is 53.4 cm³/mol. The van der Waals surface area contributed by atoms with Gasteiger partial charge in [-0.25, -0.2) is 0 Å². The third-order valence-electron chi connectivity index (χ3n) is 1.57. The first-order valence-corrected chi connectivity index (χ1v) is 5.22. The fourth-order valence-electron chi connectivity index (χ4n) is 0.929. The fraction of sp³-hybridized carbons (Fsp3) is 0.333. The van der Waals surface area contributed by atoms with E-state index in [1.807, 2.05) is 0 Å². The highest BCUT2D eigenvalue weighted by Gasteiger charge is 2.21. The molecule has 1 aromatic rings. The fourth-order valence-corrected chi connectivity index (χ4v) is 1.52. The van der Waals surface area contributed by atoms with Gasteiger partial charge < -0.3 is 10.6 Å². The molecule has 0 radical (unpaired) electrons. The highest BCUT2D eigenvalue weighted by molar-refractivity contribution is 7.86. The SMILES string of the molecule is CN(C)c1nc(N)c(S(=O)(=O)O)c(=O)[nH]1. The Balaban J connectivity index is 3.56. The van der Waals surface area contributed by atoms with Gasteiger partial charge in [-0.15, -0.1) is 0 Å². The molecule has 0 atom stereocenters. The summed E-state index contributed by atoms with van der Waals surface area (Å²) < 4.78 is 30.2. The quantitative estimate of drug-likeness (QED) is 0.540. The number of rotatable bonds is 2. The summed E-state index contributed by atoms with van der Waals surface area (Å²) in [7, 11) is -1.48. The van der Waals surface area contributed by atoms with Crippen molar-refractivity contribution >= 4 is 21.9 Å². The van der Waals surface area contributed by atoms with Gasteiger partial charge in [-0.05, 0) is 0 Å². The average molecular weight is 234 g/mol. The number of hydrogen-bond donors (Lipinski definition) is 3. The van der Waals surface area contributed by atoms with Crippen LogP contribution in [0, 0.1) is 0 Å². The summed E-state index contributed by atoms with van der Waals surface area (Å²) in [4.78, 5) is 17.5. The Kier molecular flexibility index (Phi) is 2.69. The highest BCUT2D eigenvalue weighted by atomic mass is 32.2. The van der Waals surface area contributed by atoms with Crippen molar-refractivity contribution in [2.75, 3.05) is 24.7 Å². The van der Waals surface area contributed by atoms with Crippen molar-refractivity contribution in [2.45, 2.75) is 4.90 Å². The van der Waals surface area contributed by atoms with E-state index in [9.17, 15) is 13.2 Å². The van der Waals surface area contributed by atoms with Crippen LogP contribution in [0.5, 0.6) is 0 Å². The lowest BCUT2D eigenvalue weighted by atomic mass is 10.6. The molecule has 0 amide bonds. The smallest absolute Gasteiger partial charge is 0.303 e. The van der Waals surface area contributed by atoms with Crippen LogP contribution < -0.4 is 16.2 Å². The molecule has 0 saturated heterocycles. The first-order valence-electron chi connectivity index (χ1n) is 3.78. The van der Waals surface area contributed by atoms with Gasteiger partial charge in [0.25, 0.3) is 5.56 Å². The zero-order valence-electron chi connectivity index (χ0n) is 8.05. The summed E-state index contributed by atoms with van der Waals surface area (Å²) in [5.41, 5.74) is 4.24. The van der Waals surface area contributed by atoms with E-state index in [0.717, 1.165) is 0 Å². The van der Waals surface area contributed by atoms with Crippen molar-refractivity contribution < 1.29 is 13.0 Å². The molecule has 0 aromatic carbocycles. The number of H-pyrrole nitrogens is 1. The molecule has 4 N–H and O–H groups in total. The van der Waals surface area contributed by atoms with Crippen molar-refractivity contribution in [1.82, 2.24) is 9.97 Å². The second-order valence-corrected chi connectivity index (χ2v) is 4.33. The predicted octanol–water partition coefficient (Wildman–Crippen LogP) is -1.34. The standard InChI is InChI=1S/C6H10N4O4S/c1-10(2)6-8-4(7)3(5(11)9-6)15(12,13)14/h1-2H3,(H,12,13,14)(H3,7,8,9,11). The molecule has 84 valence electrons. The van der Waals surface area contributed by atoms with E-state index < -0.39 is 26.4 Å². The molecular formula is C6H10N4O4S. The van der Waals surface area contributed by atoms with Crippen LogP contribution in [0.3, 0.4) is 0 Å². The van der Waals surface area contributed by atoms with Crippen molar-refractivity contribution in [2.24, 2.45) is 0 Å². The van der Waals surface area contributed by atoms with Gasteiger partial charge in [-0.2, -0.15) is 13.4 Å². The van der Waals surface area contributed by atoms with Gasteiger partial charge in [0.15, 0.2) is 5.82 Å². The number of anilines is 2. The third-order valence-corrected chi connectivity index (χ3v) is 2.48. The number of nitrogens with one attached hydrogen (secondary N) is 1.